The molecular formula is C14H19NO. The third-order valence-corrected chi connectivity index (χ3v) is 3.45. The Kier molecular flexibility index (Phi) is 3.39. The van der Waals surface area contributed by atoms with Crippen LogP contribution in [0.4, 0.5) is 0 Å². The van der Waals surface area contributed by atoms with Gasteiger partial charge in [0.15, 0.2) is 0 Å². The van der Waals surface area contributed by atoms with E-state index >= 15 is 0 Å². The summed E-state index contributed by atoms with van der Waals surface area (Å²) in [5.74, 6) is 0.565. The molecular weight excluding hydrogens is 198 g/mol. The van der Waals surface area contributed by atoms with Gasteiger partial charge in [-0.3, -0.25) is 0 Å². The van der Waals surface area contributed by atoms with Gasteiger partial charge in [-0.1, -0.05) is 24.3 Å². The van der Waals surface area contributed by atoms with Crippen LogP contribution in [0, 0.1) is 5.92 Å². The van der Waals surface area contributed by atoms with Crippen molar-refractivity contribution in [1.82, 2.24) is 4.90 Å². The number of aryl methyl sites for hydroxylation is 1. The lowest BCUT2D eigenvalue weighted by molar-refractivity contribution is -0.110. The lowest BCUT2D eigenvalue weighted by atomic mass is 9.75. The van der Waals surface area contributed by atoms with Gasteiger partial charge >= 0.3 is 0 Å². The smallest absolute Gasteiger partial charge is 0.127 e. The SMILES string of the molecule is CN(C)CC1CCc2ccccc2C1C=O. The topological polar surface area (TPSA) is 20.3 Å². The molecule has 2 unspecified atom stereocenters. The molecule has 0 fully saturated rings. The first-order valence-corrected chi connectivity index (χ1v) is 5.90. The van der Waals surface area contributed by atoms with Gasteiger partial charge < -0.3 is 9.69 Å². The number of benzene rings is 1. The standard InChI is InChI=1S/C14H19NO/c1-15(2)9-12-8-7-11-5-3-4-6-13(11)14(12)10-16/h3-6,10,12,14H,7-9H2,1-2H3. The van der Waals surface area contributed by atoms with Crippen LogP contribution in [0.25, 0.3) is 0 Å². The highest BCUT2D eigenvalue weighted by Crippen LogP contribution is 2.34. The number of carbonyl (C=O) groups is 1. The van der Waals surface area contributed by atoms with Crippen molar-refractivity contribution in [2.45, 2.75) is 18.8 Å². The third kappa shape index (κ3) is 2.17. The number of carbonyl (C=O) groups excluding carboxylic acids is 1. The molecule has 0 saturated carbocycles. The Hall–Kier alpha value is -1.15. The summed E-state index contributed by atoms with van der Waals surface area (Å²) in [6, 6.07) is 8.36. The molecule has 0 spiro atoms. The number of nitrogens with zero attached hydrogens (tertiary/aromatic N) is 1. The van der Waals surface area contributed by atoms with E-state index in [2.05, 4.69) is 37.2 Å². The lowest BCUT2D eigenvalue weighted by Gasteiger charge is -2.32. The van der Waals surface area contributed by atoms with E-state index < -0.39 is 0 Å². The predicted molar refractivity (Wildman–Crippen MR) is 65.6 cm³/mol. The minimum Gasteiger partial charge on any atom is -0.309 e. The summed E-state index contributed by atoms with van der Waals surface area (Å²) in [7, 11) is 4.14. The maximum Gasteiger partial charge on any atom is 0.127 e. The van der Waals surface area contributed by atoms with E-state index in [9.17, 15) is 4.79 Å². The van der Waals surface area contributed by atoms with Crippen molar-refractivity contribution < 1.29 is 4.79 Å². The van der Waals surface area contributed by atoms with E-state index in [0.29, 0.717) is 5.92 Å². The summed E-state index contributed by atoms with van der Waals surface area (Å²) in [5.41, 5.74) is 2.60. The van der Waals surface area contributed by atoms with Crippen molar-refractivity contribution >= 4 is 6.29 Å². The molecule has 16 heavy (non-hydrogen) atoms. The number of hydrogen-bond donors (Lipinski definition) is 0. The molecule has 2 heteroatoms. The van der Waals surface area contributed by atoms with Crippen LogP contribution in [0.5, 0.6) is 0 Å². The van der Waals surface area contributed by atoms with Crippen LogP contribution in [0.2, 0.25) is 0 Å². The van der Waals surface area contributed by atoms with E-state index in [-0.39, 0.29) is 5.92 Å². The highest BCUT2D eigenvalue weighted by molar-refractivity contribution is 5.64. The molecule has 86 valence electrons. The van der Waals surface area contributed by atoms with Gasteiger partial charge in [0.25, 0.3) is 0 Å². The first-order chi connectivity index (χ1) is 7.72. The zero-order chi connectivity index (χ0) is 11.5. The Morgan fingerprint density at radius 1 is 1.38 bits per heavy atom. The van der Waals surface area contributed by atoms with Crippen LogP contribution in [0.3, 0.4) is 0 Å². The van der Waals surface area contributed by atoms with Crippen molar-refractivity contribution in [3.8, 4) is 0 Å². The van der Waals surface area contributed by atoms with Gasteiger partial charge in [0, 0.05) is 12.5 Å². The van der Waals surface area contributed by atoms with Crippen molar-refractivity contribution in [2.24, 2.45) is 5.92 Å². The highest BCUT2D eigenvalue weighted by Gasteiger charge is 2.29. The monoisotopic (exact) mass is 217 g/mol. The zero-order valence-corrected chi connectivity index (χ0v) is 10.0. The molecule has 0 aliphatic heterocycles. The molecule has 1 aromatic carbocycles. The van der Waals surface area contributed by atoms with E-state index in [1.54, 1.807) is 0 Å². The summed E-state index contributed by atoms with van der Waals surface area (Å²) < 4.78 is 0. The van der Waals surface area contributed by atoms with Crippen LogP contribution in [-0.4, -0.2) is 31.8 Å². The molecule has 0 heterocycles. The van der Waals surface area contributed by atoms with Gasteiger partial charge in [0.05, 0.1) is 0 Å². The van der Waals surface area contributed by atoms with Gasteiger partial charge in [-0.15, -0.1) is 0 Å². The summed E-state index contributed by atoms with van der Waals surface area (Å²) in [4.78, 5) is 13.5. The Labute approximate surface area is 97.3 Å². The van der Waals surface area contributed by atoms with E-state index in [4.69, 9.17) is 0 Å². The van der Waals surface area contributed by atoms with Crippen molar-refractivity contribution in [1.29, 1.82) is 0 Å². The first kappa shape index (κ1) is 11.3. The molecule has 2 rings (SSSR count). The fourth-order valence-corrected chi connectivity index (χ4v) is 2.72. The minimum atomic E-state index is 0.0901. The van der Waals surface area contributed by atoms with Crippen molar-refractivity contribution in [2.75, 3.05) is 20.6 Å². The summed E-state index contributed by atoms with van der Waals surface area (Å²) in [6.45, 7) is 0.998. The third-order valence-electron chi connectivity index (χ3n) is 3.45. The fourth-order valence-electron chi connectivity index (χ4n) is 2.72. The van der Waals surface area contributed by atoms with Gasteiger partial charge in [0.2, 0.25) is 0 Å². The zero-order valence-electron chi connectivity index (χ0n) is 10.0. The molecule has 1 aliphatic rings. The maximum atomic E-state index is 11.3. The van der Waals surface area contributed by atoms with Crippen LogP contribution in [0.1, 0.15) is 23.5 Å². The molecule has 1 aromatic rings. The van der Waals surface area contributed by atoms with E-state index in [0.717, 1.165) is 25.7 Å². The average Bonchev–Trinajstić information content (AvgIpc) is 2.28. The molecule has 0 bridgehead atoms. The second kappa shape index (κ2) is 4.79. The molecule has 0 saturated heterocycles. The van der Waals surface area contributed by atoms with Crippen LogP contribution in [-0.2, 0) is 11.2 Å². The average molecular weight is 217 g/mol. The second-order valence-electron chi connectivity index (χ2n) is 4.92. The fraction of sp³-hybridized carbons (Fsp3) is 0.500. The van der Waals surface area contributed by atoms with Gasteiger partial charge in [-0.2, -0.15) is 0 Å². The number of aldehydes is 1. The molecule has 2 atom stereocenters. The quantitative estimate of drug-likeness (QED) is 0.723. The highest BCUT2D eigenvalue weighted by atomic mass is 16.1. The van der Waals surface area contributed by atoms with Crippen LogP contribution in [0.15, 0.2) is 24.3 Å². The second-order valence-corrected chi connectivity index (χ2v) is 4.92. The number of rotatable bonds is 3. The maximum absolute atomic E-state index is 11.3. The van der Waals surface area contributed by atoms with Crippen LogP contribution < -0.4 is 0 Å². The lowest BCUT2D eigenvalue weighted by Crippen LogP contribution is -2.30. The summed E-state index contributed by atoms with van der Waals surface area (Å²) in [5, 5.41) is 0. The Balaban J connectivity index is 2.26. The van der Waals surface area contributed by atoms with Gasteiger partial charge in [-0.05, 0) is 44.0 Å². The van der Waals surface area contributed by atoms with Crippen molar-refractivity contribution in [3.05, 3.63) is 35.4 Å². The molecule has 0 radical (unpaired) electrons. The molecule has 1 aliphatic carbocycles. The van der Waals surface area contributed by atoms with Crippen molar-refractivity contribution in [3.63, 3.8) is 0 Å². The molecule has 0 aromatic heterocycles. The van der Waals surface area contributed by atoms with Crippen LogP contribution >= 0.6 is 0 Å². The summed E-state index contributed by atoms with van der Waals surface area (Å²) in [6.07, 6.45) is 3.36. The Morgan fingerprint density at radius 2 is 2.12 bits per heavy atom. The Morgan fingerprint density at radius 3 is 2.81 bits per heavy atom. The van der Waals surface area contributed by atoms with E-state index in [1.165, 1.54) is 11.1 Å². The first-order valence-electron chi connectivity index (χ1n) is 5.90. The number of fused-ring (bicyclic) bond motifs is 1. The number of hydrogen-bond acceptors (Lipinski definition) is 2. The molecule has 2 nitrogen and oxygen atoms in total. The van der Waals surface area contributed by atoms with E-state index in [1.807, 2.05) is 6.07 Å². The molecule has 0 N–H and O–H groups in total. The van der Waals surface area contributed by atoms with Gasteiger partial charge in [0.1, 0.15) is 6.29 Å². The normalized spacial score (nSPS) is 24.2. The van der Waals surface area contributed by atoms with Gasteiger partial charge in [-0.25, -0.2) is 0 Å². The molecule has 0 amide bonds. The minimum absolute atomic E-state index is 0.0901. The largest absolute Gasteiger partial charge is 0.309 e. The Bertz CT molecular complexity index is 373. The predicted octanol–water partition coefficient (Wildman–Crippen LogP) is 2.09. The summed E-state index contributed by atoms with van der Waals surface area (Å²) >= 11 is 0.